The van der Waals surface area contributed by atoms with Gasteiger partial charge in [-0.15, -0.1) is 0 Å². The Labute approximate surface area is 207 Å². The van der Waals surface area contributed by atoms with Gasteiger partial charge in [-0.2, -0.15) is 13.2 Å². The van der Waals surface area contributed by atoms with Crippen molar-refractivity contribution in [2.24, 2.45) is 0 Å². The average molecular weight is 516 g/mol. The van der Waals surface area contributed by atoms with Crippen LogP contribution < -0.4 is 15.0 Å². The van der Waals surface area contributed by atoms with Crippen molar-refractivity contribution in [3.05, 3.63) is 34.6 Å². The number of nitrogens with zero attached hydrogens (tertiary/aromatic N) is 4. The fourth-order valence-electron chi connectivity index (χ4n) is 3.65. The highest BCUT2D eigenvalue weighted by atomic mass is 35.5. The molecule has 1 aromatic heterocycles. The summed E-state index contributed by atoms with van der Waals surface area (Å²) in [4.78, 5) is 23.7. The number of aryl methyl sites for hydroxylation is 1. The fraction of sp³-hybridized carbons (Fsp3) is 0.522. The van der Waals surface area contributed by atoms with Crippen LogP contribution in [0.5, 0.6) is 5.75 Å². The van der Waals surface area contributed by atoms with E-state index in [0.717, 1.165) is 11.3 Å². The smallest absolute Gasteiger partial charge is 0.420 e. The van der Waals surface area contributed by atoms with Crippen molar-refractivity contribution in [2.75, 3.05) is 43.5 Å². The number of methoxy groups -OCH3 is 1. The van der Waals surface area contributed by atoms with Crippen LogP contribution in [0.25, 0.3) is 0 Å². The van der Waals surface area contributed by atoms with Crippen LogP contribution in [0.4, 0.5) is 35.3 Å². The molecule has 0 saturated carbocycles. The summed E-state index contributed by atoms with van der Waals surface area (Å²) in [6.07, 6.45) is -3.64. The molecule has 12 heteroatoms. The lowest BCUT2D eigenvalue weighted by molar-refractivity contribution is -0.137. The van der Waals surface area contributed by atoms with Gasteiger partial charge in [-0.25, -0.2) is 14.8 Å². The topological polar surface area (TPSA) is 79.8 Å². The Bertz CT molecular complexity index is 1070. The molecule has 0 aliphatic carbocycles. The van der Waals surface area contributed by atoms with Gasteiger partial charge in [-0.05, 0) is 38.8 Å². The first kappa shape index (κ1) is 26.7. The van der Waals surface area contributed by atoms with Crippen LogP contribution in [-0.2, 0) is 17.3 Å². The van der Waals surface area contributed by atoms with Gasteiger partial charge in [0.25, 0.3) is 0 Å². The minimum atomic E-state index is -4.64. The molecular weight excluding hydrogens is 487 g/mol. The first-order valence-electron chi connectivity index (χ1n) is 11.1. The maximum absolute atomic E-state index is 12.9. The van der Waals surface area contributed by atoms with Gasteiger partial charge < -0.3 is 24.6 Å². The van der Waals surface area contributed by atoms with E-state index >= 15 is 0 Å². The zero-order valence-corrected chi connectivity index (χ0v) is 21.0. The van der Waals surface area contributed by atoms with E-state index in [1.807, 2.05) is 39.8 Å². The third kappa shape index (κ3) is 6.59. The molecule has 0 atom stereocenters. The van der Waals surface area contributed by atoms with E-state index in [9.17, 15) is 18.0 Å². The van der Waals surface area contributed by atoms with E-state index < -0.39 is 22.5 Å². The van der Waals surface area contributed by atoms with Crippen molar-refractivity contribution >= 4 is 35.0 Å². The summed E-state index contributed by atoms with van der Waals surface area (Å²) in [6.45, 7) is 9.74. The summed E-state index contributed by atoms with van der Waals surface area (Å²) in [5.74, 6) is 0.383. The maximum atomic E-state index is 12.9. The van der Waals surface area contributed by atoms with Crippen molar-refractivity contribution in [3.8, 4) is 5.75 Å². The second kappa shape index (κ2) is 10.3. The molecule has 35 heavy (non-hydrogen) atoms. The van der Waals surface area contributed by atoms with Crippen LogP contribution in [0.15, 0.2) is 18.3 Å². The molecule has 1 amide bonds. The van der Waals surface area contributed by atoms with Crippen LogP contribution >= 0.6 is 11.6 Å². The Balaban J connectivity index is 1.79. The second-order valence-electron chi connectivity index (χ2n) is 9.01. The Morgan fingerprint density at radius 1 is 1.17 bits per heavy atom. The van der Waals surface area contributed by atoms with Crippen LogP contribution in [0, 0.1) is 0 Å². The van der Waals surface area contributed by atoms with Crippen LogP contribution in [0.3, 0.4) is 0 Å². The van der Waals surface area contributed by atoms with E-state index in [-0.39, 0.29) is 12.0 Å². The van der Waals surface area contributed by atoms with Crippen molar-refractivity contribution < 1.29 is 27.4 Å². The van der Waals surface area contributed by atoms with Crippen LogP contribution in [-0.4, -0.2) is 59.9 Å². The number of halogens is 4. The molecule has 0 radical (unpaired) electrons. The van der Waals surface area contributed by atoms with Gasteiger partial charge in [0, 0.05) is 44.1 Å². The first-order valence-corrected chi connectivity index (χ1v) is 11.5. The summed E-state index contributed by atoms with van der Waals surface area (Å²) in [5, 5.41) is 2.21. The third-order valence-corrected chi connectivity index (χ3v) is 5.64. The van der Waals surface area contributed by atoms with E-state index in [2.05, 4.69) is 20.2 Å². The number of hydrogen-bond donors (Lipinski definition) is 1. The molecule has 0 unspecified atom stereocenters. The molecule has 1 aliphatic rings. The molecule has 192 valence electrons. The number of carbonyl (C=O) groups excluding carboxylic acids is 1. The van der Waals surface area contributed by atoms with E-state index in [4.69, 9.17) is 21.1 Å². The number of nitrogens with one attached hydrogen (secondary N) is 1. The molecule has 1 aromatic carbocycles. The monoisotopic (exact) mass is 515 g/mol. The molecule has 0 bridgehead atoms. The SMILES string of the molecule is CCc1cc(Nc2ncc(C(F)(F)F)c(Cl)n2)c(OC)cc1N1CCN(C(=O)OC(C)(C)C)CC1. The third-order valence-electron chi connectivity index (χ3n) is 5.35. The van der Waals surface area contributed by atoms with Gasteiger partial charge in [-0.1, -0.05) is 18.5 Å². The minimum Gasteiger partial charge on any atom is -0.494 e. The molecule has 1 N–H and O–H groups in total. The summed E-state index contributed by atoms with van der Waals surface area (Å²) < 4.78 is 49.8. The van der Waals surface area contributed by atoms with Gasteiger partial charge in [0.15, 0.2) is 0 Å². The number of hydrogen-bond acceptors (Lipinski definition) is 7. The van der Waals surface area contributed by atoms with Crippen LogP contribution in [0.1, 0.15) is 38.8 Å². The van der Waals surface area contributed by atoms with Crippen molar-refractivity contribution in [1.29, 1.82) is 0 Å². The lowest BCUT2D eigenvalue weighted by Gasteiger charge is -2.37. The minimum absolute atomic E-state index is 0.0814. The van der Waals surface area contributed by atoms with Gasteiger partial charge in [-0.3, -0.25) is 0 Å². The van der Waals surface area contributed by atoms with Crippen molar-refractivity contribution in [2.45, 2.75) is 45.9 Å². The molecule has 3 rings (SSSR count). The van der Waals surface area contributed by atoms with E-state index in [1.165, 1.54) is 7.11 Å². The predicted molar refractivity (Wildman–Crippen MR) is 128 cm³/mol. The number of benzene rings is 1. The molecule has 1 saturated heterocycles. The van der Waals surface area contributed by atoms with Gasteiger partial charge >= 0.3 is 12.3 Å². The number of amides is 1. The standard InChI is InChI=1S/C23H29ClF3N5O3/c1-6-14-11-16(29-20-28-13-15(19(24)30-20)23(25,26)27)18(34-5)12-17(14)31-7-9-32(10-8-31)21(33)35-22(2,3)4/h11-13H,6-10H2,1-5H3,(H,28,29,30). The largest absolute Gasteiger partial charge is 0.494 e. The Morgan fingerprint density at radius 3 is 2.34 bits per heavy atom. The Hall–Kier alpha value is -2.95. The van der Waals surface area contributed by atoms with Crippen LogP contribution in [0.2, 0.25) is 5.15 Å². The van der Waals surface area contributed by atoms with E-state index in [1.54, 1.807) is 4.90 Å². The normalized spacial score (nSPS) is 14.7. The Kier molecular flexibility index (Phi) is 7.88. The molecule has 1 aliphatic heterocycles. The number of carbonyl (C=O) groups is 1. The number of aromatic nitrogens is 2. The zero-order valence-electron chi connectivity index (χ0n) is 20.3. The summed E-state index contributed by atoms with van der Waals surface area (Å²) in [5.41, 5.74) is 0.770. The number of alkyl halides is 3. The number of piperazine rings is 1. The lowest BCUT2D eigenvalue weighted by atomic mass is 10.1. The fourth-order valence-corrected chi connectivity index (χ4v) is 3.88. The van der Waals surface area contributed by atoms with E-state index in [0.29, 0.717) is 50.2 Å². The quantitative estimate of drug-likeness (QED) is 0.525. The highest BCUT2D eigenvalue weighted by Gasteiger charge is 2.35. The summed E-state index contributed by atoms with van der Waals surface area (Å²) in [7, 11) is 1.50. The Morgan fingerprint density at radius 2 is 1.83 bits per heavy atom. The predicted octanol–water partition coefficient (Wildman–Crippen LogP) is 5.52. The zero-order chi connectivity index (χ0) is 26.0. The summed E-state index contributed by atoms with van der Waals surface area (Å²) in [6, 6.07) is 3.71. The van der Waals surface area contributed by atoms with Crippen molar-refractivity contribution in [1.82, 2.24) is 14.9 Å². The molecule has 2 heterocycles. The number of anilines is 3. The molecule has 0 spiro atoms. The van der Waals surface area contributed by atoms with Gasteiger partial charge in [0.2, 0.25) is 5.95 Å². The molecule has 8 nitrogen and oxygen atoms in total. The first-order chi connectivity index (χ1) is 16.3. The van der Waals surface area contributed by atoms with Crippen molar-refractivity contribution in [3.63, 3.8) is 0 Å². The van der Waals surface area contributed by atoms with Gasteiger partial charge in [0.1, 0.15) is 22.1 Å². The molecule has 1 fully saturated rings. The molecular formula is C23H29ClF3N5O3. The average Bonchev–Trinajstić information content (AvgIpc) is 2.77. The second-order valence-corrected chi connectivity index (χ2v) is 9.37. The number of ether oxygens (including phenoxy) is 2. The maximum Gasteiger partial charge on any atom is 0.420 e. The highest BCUT2D eigenvalue weighted by Crippen LogP contribution is 2.37. The number of rotatable bonds is 5. The summed E-state index contributed by atoms with van der Waals surface area (Å²) >= 11 is 5.72. The highest BCUT2D eigenvalue weighted by molar-refractivity contribution is 6.30. The van der Waals surface area contributed by atoms with Gasteiger partial charge in [0.05, 0.1) is 12.8 Å². The molecule has 2 aromatic rings. The lowest BCUT2D eigenvalue weighted by Crippen LogP contribution is -2.50.